The number of carbonyl (C=O) groups is 1. The number of nitro benzene ring substituents is 1. The normalized spacial score (nSPS) is 14.8. The third-order valence-corrected chi connectivity index (χ3v) is 4.98. The van der Waals surface area contributed by atoms with Crippen LogP contribution in [0.25, 0.3) is 0 Å². The van der Waals surface area contributed by atoms with E-state index in [9.17, 15) is 14.9 Å². The molecule has 1 atom stereocenters. The second-order valence-corrected chi connectivity index (χ2v) is 6.70. The molecule has 0 heterocycles. The Bertz CT molecular complexity index is 785. The van der Waals surface area contributed by atoms with Gasteiger partial charge in [0.2, 0.25) is 0 Å². The molecule has 0 aliphatic heterocycles. The van der Waals surface area contributed by atoms with Crippen molar-refractivity contribution >= 4 is 11.6 Å². The van der Waals surface area contributed by atoms with Gasteiger partial charge in [-0.3, -0.25) is 14.9 Å². The molecule has 0 saturated heterocycles. The van der Waals surface area contributed by atoms with Crippen LogP contribution in [0.2, 0.25) is 0 Å². The van der Waals surface area contributed by atoms with Gasteiger partial charge < -0.3 is 4.90 Å². The van der Waals surface area contributed by atoms with Crippen molar-refractivity contribution in [3.05, 3.63) is 75.3 Å². The average molecular weight is 338 g/mol. The first kappa shape index (κ1) is 17.1. The maximum Gasteiger partial charge on any atom is 0.273 e. The topological polar surface area (TPSA) is 63.5 Å². The highest BCUT2D eigenvalue weighted by Crippen LogP contribution is 2.36. The summed E-state index contributed by atoms with van der Waals surface area (Å²) in [5, 5.41) is 11.2. The lowest BCUT2D eigenvalue weighted by molar-refractivity contribution is -0.385. The molecule has 5 heteroatoms. The molecule has 1 amide bonds. The number of nitro groups is 1. The summed E-state index contributed by atoms with van der Waals surface area (Å²) in [7, 11) is 0. The standard InChI is InChI=1S/C20H22N2O3/c1-14-18(9-6-10-19(14)22(24)25)20(23)21(15(2)17-11-12-17)13-16-7-4-3-5-8-16/h3-10,15,17H,11-13H2,1-2H3. The second kappa shape index (κ2) is 7.05. The van der Waals surface area contributed by atoms with Crippen molar-refractivity contribution in [1.29, 1.82) is 0 Å². The molecule has 1 aliphatic carbocycles. The lowest BCUT2D eigenvalue weighted by atomic mass is 10.0. The second-order valence-electron chi connectivity index (χ2n) is 6.70. The molecule has 0 N–H and O–H groups in total. The summed E-state index contributed by atoms with van der Waals surface area (Å²) in [6.45, 7) is 4.23. The first-order valence-electron chi connectivity index (χ1n) is 8.58. The maximum absolute atomic E-state index is 13.2. The Morgan fingerprint density at radius 1 is 1.20 bits per heavy atom. The fourth-order valence-corrected chi connectivity index (χ4v) is 3.22. The molecule has 0 spiro atoms. The van der Waals surface area contributed by atoms with Crippen LogP contribution >= 0.6 is 0 Å². The monoisotopic (exact) mass is 338 g/mol. The lowest BCUT2D eigenvalue weighted by Gasteiger charge is -2.30. The van der Waals surface area contributed by atoms with E-state index >= 15 is 0 Å². The minimum absolute atomic E-state index is 0.00964. The Kier molecular flexibility index (Phi) is 4.83. The Labute approximate surface area is 147 Å². The quantitative estimate of drug-likeness (QED) is 0.581. The van der Waals surface area contributed by atoms with Crippen LogP contribution < -0.4 is 0 Å². The highest BCUT2D eigenvalue weighted by molar-refractivity contribution is 5.96. The fraction of sp³-hybridized carbons (Fsp3) is 0.350. The van der Waals surface area contributed by atoms with Crippen molar-refractivity contribution in [2.24, 2.45) is 5.92 Å². The average Bonchev–Trinajstić information content (AvgIpc) is 3.44. The zero-order valence-corrected chi connectivity index (χ0v) is 14.5. The zero-order chi connectivity index (χ0) is 18.0. The van der Waals surface area contributed by atoms with Gasteiger partial charge in [0.25, 0.3) is 11.6 Å². The third kappa shape index (κ3) is 3.71. The molecule has 1 aliphatic rings. The van der Waals surface area contributed by atoms with Gasteiger partial charge in [0.05, 0.1) is 4.92 Å². The number of hydrogen-bond donors (Lipinski definition) is 0. The molecule has 25 heavy (non-hydrogen) atoms. The summed E-state index contributed by atoms with van der Waals surface area (Å²) in [4.78, 5) is 25.8. The first-order chi connectivity index (χ1) is 12.0. The van der Waals surface area contributed by atoms with Crippen molar-refractivity contribution in [2.75, 3.05) is 0 Å². The van der Waals surface area contributed by atoms with Gasteiger partial charge in [0, 0.05) is 29.8 Å². The van der Waals surface area contributed by atoms with E-state index in [1.165, 1.54) is 6.07 Å². The van der Waals surface area contributed by atoms with Crippen LogP contribution in [0.1, 0.15) is 41.3 Å². The van der Waals surface area contributed by atoms with E-state index in [1.54, 1.807) is 19.1 Å². The van der Waals surface area contributed by atoms with Crippen LogP contribution in [0.5, 0.6) is 0 Å². The van der Waals surface area contributed by atoms with Crippen LogP contribution in [-0.2, 0) is 6.54 Å². The molecule has 1 unspecified atom stereocenters. The van der Waals surface area contributed by atoms with Gasteiger partial charge in [-0.15, -0.1) is 0 Å². The minimum Gasteiger partial charge on any atom is -0.331 e. The summed E-state index contributed by atoms with van der Waals surface area (Å²) in [5.74, 6) is 0.385. The highest BCUT2D eigenvalue weighted by atomic mass is 16.6. The van der Waals surface area contributed by atoms with Gasteiger partial charge in [0.15, 0.2) is 0 Å². The summed E-state index contributed by atoms with van der Waals surface area (Å²) in [5.41, 5.74) is 1.90. The zero-order valence-electron chi connectivity index (χ0n) is 14.5. The number of benzene rings is 2. The van der Waals surface area contributed by atoms with Crippen molar-refractivity contribution < 1.29 is 9.72 Å². The van der Waals surface area contributed by atoms with Gasteiger partial charge in [-0.05, 0) is 44.2 Å². The molecule has 2 aromatic rings. The van der Waals surface area contributed by atoms with E-state index in [0.29, 0.717) is 23.6 Å². The Hall–Kier alpha value is -2.69. The Morgan fingerprint density at radius 2 is 1.88 bits per heavy atom. The summed E-state index contributed by atoms with van der Waals surface area (Å²) >= 11 is 0. The fourth-order valence-electron chi connectivity index (χ4n) is 3.22. The molecular formula is C20H22N2O3. The molecule has 0 radical (unpaired) electrons. The van der Waals surface area contributed by atoms with Crippen molar-refractivity contribution in [3.8, 4) is 0 Å². The highest BCUT2D eigenvalue weighted by Gasteiger charge is 2.35. The van der Waals surface area contributed by atoms with E-state index in [4.69, 9.17) is 0 Å². The summed E-state index contributed by atoms with van der Waals surface area (Å²) in [6, 6.07) is 14.7. The molecule has 0 bridgehead atoms. The third-order valence-electron chi connectivity index (χ3n) is 4.98. The Balaban J connectivity index is 1.94. The van der Waals surface area contributed by atoms with E-state index in [2.05, 4.69) is 6.92 Å². The maximum atomic E-state index is 13.2. The van der Waals surface area contributed by atoms with Gasteiger partial charge >= 0.3 is 0 Å². The predicted octanol–water partition coefficient (Wildman–Crippen LogP) is 4.34. The van der Waals surface area contributed by atoms with Crippen molar-refractivity contribution in [3.63, 3.8) is 0 Å². The smallest absolute Gasteiger partial charge is 0.273 e. The molecule has 1 fully saturated rings. The molecule has 1 saturated carbocycles. The van der Waals surface area contributed by atoms with Gasteiger partial charge in [-0.1, -0.05) is 36.4 Å². The molecule has 3 rings (SSSR count). The molecule has 5 nitrogen and oxygen atoms in total. The SMILES string of the molecule is Cc1c(C(=O)N(Cc2ccccc2)C(C)C2CC2)cccc1[N+](=O)[O-]. The number of rotatable bonds is 6. The Morgan fingerprint density at radius 3 is 2.48 bits per heavy atom. The van der Waals surface area contributed by atoms with E-state index in [0.717, 1.165) is 18.4 Å². The number of nitrogens with zero attached hydrogens (tertiary/aromatic N) is 2. The van der Waals surface area contributed by atoms with Crippen LogP contribution in [-0.4, -0.2) is 21.8 Å². The molecule has 2 aromatic carbocycles. The van der Waals surface area contributed by atoms with Gasteiger partial charge in [-0.2, -0.15) is 0 Å². The molecule has 0 aromatic heterocycles. The van der Waals surface area contributed by atoms with E-state index in [1.807, 2.05) is 35.2 Å². The number of hydrogen-bond acceptors (Lipinski definition) is 3. The van der Waals surface area contributed by atoms with Gasteiger partial charge in [0.1, 0.15) is 0 Å². The summed E-state index contributed by atoms with van der Waals surface area (Å²) < 4.78 is 0. The van der Waals surface area contributed by atoms with Gasteiger partial charge in [-0.25, -0.2) is 0 Å². The summed E-state index contributed by atoms with van der Waals surface area (Å²) in [6.07, 6.45) is 2.27. The van der Waals surface area contributed by atoms with E-state index in [-0.39, 0.29) is 17.6 Å². The minimum atomic E-state index is -0.433. The molecule has 130 valence electrons. The van der Waals surface area contributed by atoms with Crippen molar-refractivity contribution in [2.45, 2.75) is 39.3 Å². The van der Waals surface area contributed by atoms with E-state index < -0.39 is 4.92 Å². The van der Waals surface area contributed by atoms with Crippen LogP contribution in [0.3, 0.4) is 0 Å². The number of carbonyl (C=O) groups excluding carboxylic acids is 1. The lowest BCUT2D eigenvalue weighted by Crippen LogP contribution is -2.39. The van der Waals surface area contributed by atoms with Crippen LogP contribution in [0.4, 0.5) is 5.69 Å². The predicted molar refractivity (Wildman–Crippen MR) is 96.3 cm³/mol. The molecular weight excluding hydrogens is 316 g/mol. The number of amides is 1. The van der Waals surface area contributed by atoms with Crippen molar-refractivity contribution in [1.82, 2.24) is 4.90 Å². The van der Waals surface area contributed by atoms with Crippen LogP contribution in [0.15, 0.2) is 48.5 Å². The largest absolute Gasteiger partial charge is 0.331 e. The first-order valence-corrected chi connectivity index (χ1v) is 8.58. The van der Waals surface area contributed by atoms with Crippen LogP contribution in [0, 0.1) is 23.0 Å².